The number of halogens is 1. The average Bonchev–Trinajstić information content (AvgIpc) is 3.22. The van der Waals surface area contributed by atoms with Crippen LogP contribution in [0.25, 0.3) is 0 Å². The highest BCUT2D eigenvalue weighted by Gasteiger charge is 2.23. The van der Waals surface area contributed by atoms with Gasteiger partial charge in [0, 0.05) is 58.8 Å². The number of nitrogens with one attached hydrogen (secondary N) is 3. The maximum atomic E-state index is 12.5. The third kappa shape index (κ3) is 7.91. The Balaban J connectivity index is 0.00000363. The van der Waals surface area contributed by atoms with E-state index >= 15 is 0 Å². The van der Waals surface area contributed by atoms with Crippen LogP contribution < -0.4 is 16.0 Å². The number of guanidine groups is 1. The second kappa shape index (κ2) is 13.6. The van der Waals surface area contributed by atoms with Gasteiger partial charge in [-0.05, 0) is 37.3 Å². The number of likely N-dealkylation sites (N-methyl/N-ethyl adjacent to an activating group) is 1. The maximum Gasteiger partial charge on any atom is 0.233 e. The molecule has 2 aliphatic rings. The van der Waals surface area contributed by atoms with Gasteiger partial charge in [-0.25, -0.2) is 0 Å². The van der Waals surface area contributed by atoms with Crippen LogP contribution in [-0.4, -0.2) is 73.4 Å². The number of carbonyl (C=O) groups excluding carboxylic acids is 2. The molecular weight excluding hydrogens is 519 g/mol. The number of aliphatic imine (C=N–C) groups is 1. The Morgan fingerprint density at radius 2 is 1.78 bits per heavy atom. The lowest BCUT2D eigenvalue weighted by atomic mass is 10.1. The van der Waals surface area contributed by atoms with Gasteiger partial charge in [0.05, 0.1) is 6.54 Å². The molecule has 0 aromatic heterocycles. The van der Waals surface area contributed by atoms with Crippen molar-refractivity contribution >= 4 is 41.8 Å². The Morgan fingerprint density at radius 1 is 1.12 bits per heavy atom. The van der Waals surface area contributed by atoms with Crippen molar-refractivity contribution in [1.29, 1.82) is 0 Å². The van der Waals surface area contributed by atoms with Crippen LogP contribution in [0, 0.1) is 0 Å². The molecule has 1 fully saturated rings. The van der Waals surface area contributed by atoms with Gasteiger partial charge in [0.1, 0.15) is 0 Å². The first-order valence-corrected chi connectivity index (χ1v) is 11.4. The molecule has 0 saturated carbocycles. The van der Waals surface area contributed by atoms with E-state index in [9.17, 15) is 9.59 Å². The second-order valence-electron chi connectivity index (χ2n) is 8.25. The SMILES string of the molecule is CCNC(=NCCCC(=O)N1Cc2ccccc2C1)NC1CCN(CC(=O)NC)CC1.I. The fraction of sp³-hybridized carbons (Fsp3) is 0.609. The summed E-state index contributed by atoms with van der Waals surface area (Å²) in [7, 11) is 1.67. The van der Waals surface area contributed by atoms with Crippen LogP contribution in [0.15, 0.2) is 29.3 Å². The molecule has 2 heterocycles. The monoisotopic (exact) mass is 556 g/mol. The van der Waals surface area contributed by atoms with Crippen LogP contribution in [0.5, 0.6) is 0 Å². The second-order valence-corrected chi connectivity index (χ2v) is 8.25. The Labute approximate surface area is 208 Å². The lowest BCUT2D eigenvalue weighted by molar-refractivity contribution is -0.131. The molecule has 1 aromatic rings. The minimum absolute atomic E-state index is 0. The quantitative estimate of drug-likeness (QED) is 0.196. The highest BCUT2D eigenvalue weighted by molar-refractivity contribution is 14.0. The summed E-state index contributed by atoms with van der Waals surface area (Å²) in [5.41, 5.74) is 2.52. The summed E-state index contributed by atoms with van der Waals surface area (Å²) in [6.45, 7) is 7.19. The molecule has 32 heavy (non-hydrogen) atoms. The first-order valence-electron chi connectivity index (χ1n) is 11.4. The highest BCUT2D eigenvalue weighted by Crippen LogP contribution is 2.22. The number of amides is 2. The molecular formula is C23H37IN6O2. The predicted molar refractivity (Wildman–Crippen MR) is 138 cm³/mol. The number of piperidine rings is 1. The summed E-state index contributed by atoms with van der Waals surface area (Å²) in [5, 5.41) is 9.50. The molecule has 0 aliphatic carbocycles. The average molecular weight is 556 g/mol. The van der Waals surface area contributed by atoms with Gasteiger partial charge in [-0.1, -0.05) is 24.3 Å². The van der Waals surface area contributed by atoms with Crippen molar-refractivity contribution in [2.75, 3.05) is 39.8 Å². The smallest absolute Gasteiger partial charge is 0.233 e. The molecule has 0 unspecified atom stereocenters. The maximum absolute atomic E-state index is 12.5. The lowest BCUT2D eigenvalue weighted by Crippen LogP contribution is -2.50. The van der Waals surface area contributed by atoms with Crippen molar-refractivity contribution in [3.8, 4) is 0 Å². The molecule has 8 nitrogen and oxygen atoms in total. The molecule has 0 spiro atoms. The Hall–Kier alpha value is -1.88. The zero-order valence-electron chi connectivity index (χ0n) is 19.2. The van der Waals surface area contributed by atoms with E-state index in [1.54, 1.807) is 7.05 Å². The van der Waals surface area contributed by atoms with E-state index < -0.39 is 0 Å². The number of nitrogens with zero attached hydrogens (tertiary/aromatic N) is 3. The van der Waals surface area contributed by atoms with E-state index in [0.29, 0.717) is 25.6 Å². The normalized spacial score (nSPS) is 16.8. The number of carbonyl (C=O) groups is 2. The number of hydrogen-bond acceptors (Lipinski definition) is 4. The fourth-order valence-corrected chi connectivity index (χ4v) is 4.12. The fourth-order valence-electron chi connectivity index (χ4n) is 4.12. The topological polar surface area (TPSA) is 89.1 Å². The minimum Gasteiger partial charge on any atom is -0.358 e. The summed E-state index contributed by atoms with van der Waals surface area (Å²) in [6, 6.07) is 8.61. The first-order chi connectivity index (χ1) is 15.1. The molecule has 9 heteroatoms. The van der Waals surface area contributed by atoms with Gasteiger partial charge in [0.2, 0.25) is 11.8 Å². The molecule has 3 rings (SSSR count). The molecule has 0 atom stereocenters. The van der Waals surface area contributed by atoms with E-state index in [0.717, 1.165) is 57.9 Å². The third-order valence-electron chi connectivity index (χ3n) is 5.93. The molecule has 1 saturated heterocycles. The standard InChI is InChI=1S/C23H36N6O2.HI/c1-3-25-23(27-20-10-13-28(14-11-20)17-21(30)24-2)26-12-6-9-22(31)29-15-18-7-4-5-8-19(18)16-29;/h4-5,7-8,20H,3,6,9-17H2,1-2H3,(H,24,30)(H2,25,26,27);1H. The molecule has 3 N–H and O–H groups in total. The minimum atomic E-state index is 0. The van der Waals surface area contributed by atoms with Gasteiger partial charge in [-0.3, -0.25) is 19.5 Å². The summed E-state index contributed by atoms with van der Waals surface area (Å²) in [5.74, 6) is 1.08. The molecule has 0 bridgehead atoms. The van der Waals surface area contributed by atoms with Gasteiger partial charge in [0.25, 0.3) is 0 Å². The van der Waals surface area contributed by atoms with E-state index in [2.05, 4.69) is 44.9 Å². The van der Waals surface area contributed by atoms with Crippen molar-refractivity contribution in [2.45, 2.75) is 51.7 Å². The highest BCUT2D eigenvalue weighted by atomic mass is 127. The van der Waals surface area contributed by atoms with E-state index in [-0.39, 0.29) is 35.8 Å². The summed E-state index contributed by atoms with van der Waals surface area (Å²) in [6.07, 6.45) is 3.23. The zero-order chi connectivity index (χ0) is 22.1. The van der Waals surface area contributed by atoms with Crippen LogP contribution in [0.4, 0.5) is 0 Å². The van der Waals surface area contributed by atoms with E-state index in [1.165, 1.54) is 11.1 Å². The number of fused-ring (bicyclic) bond motifs is 1. The summed E-state index contributed by atoms with van der Waals surface area (Å²) < 4.78 is 0. The van der Waals surface area contributed by atoms with Crippen molar-refractivity contribution < 1.29 is 9.59 Å². The molecule has 2 amide bonds. The Kier molecular flexibility index (Phi) is 11.2. The van der Waals surface area contributed by atoms with Gasteiger partial charge >= 0.3 is 0 Å². The van der Waals surface area contributed by atoms with Crippen LogP contribution >= 0.6 is 24.0 Å². The zero-order valence-corrected chi connectivity index (χ0v) is 21.6. The first kappa shape index (κ1) is 26.4. The van der Waals surface area contributed by atoms with Crippen LogP contribution in [-0.2, 0) is 22.7 Å². The number of hydrogen-bond donors (Lipinski definition) is 3. The van der Waals surface area contributed by atoms with Gasteiger partial charge < -0.3 is 20.9 Å². The number of benzene rings is 1. The van der Waals surface area contributed by atoms with Crippen LogP contribution in [0.2, 0.25) is 0 Å². The molecule has 1 aromatic carbocycles. The van der Waals surface area contributed by atoms with Gasteiger partial charge in [0.15, 0.2) is 5.96 Å². The number of likely N-dealkylation sites (tertiary alicyclic amines) is 1. The Bertz CT molecular complexity index is 755. The molecule has 2 aliphatic heterocycles. The number of rotatable bonds is 8. The van der Waals surface area contributed by atoms with Crippen molar-refractivity contribution in [1.82, 2.24) is 25.8 Å². The Morgan fingerprint density at radius 3 is 2.38 bits per heavy atom. The van der Waals surface area contributed by atoms with E-state index in [4.69, 9.17) is 0 Å². The summed E-state index contributed by atoms with van der Waals surface area (Å²) in [4.78, 5) is 32.9. The van der Waals surface area contributed by atoms with Crippen molar-refractivity contribution in [3.63, 3.8) is 0 Å². The van der Waals surface area contributed by atoms with Gasteiger partial charge in [-0.15, -0.1) is 24.0 Å². The summed E-state index contributed by atoms with van der Waals surface area (Å²) >= 11 is 0. The van der Waals surface area contributed by atoms with Gasteiger partial charge in [-0.2, -0.15) is 0 Å². The third-order valence-corrected chi connectivity index (χ3v) is 5.93. The molecule has 0 radical (unpaired) electrons. The van der Waals surface area contributed by atoms with Crippen LogP contribution in [0.3, 0.4) is 0 Å². The van der Waals surface area contributed by atoms with Crippen molar-refractivity contribution in [2.24, 2.45) is 4.99 Å². The predicted octanol–water partition coefficient (Wildman–Crippen LogP) is 1.69. The van der Waals surface area contributed by atoms with Crippen LogP contribution in [0.1, 0.15) is 43.7 Å². The lowest BCUT2D eigenvalue weighted by Gasteiger charge is -2.32. The van der Waals surface area contributed by atoms with E-state index in [1.807, 2.05) is 17.0 Å². The largest absolute Gasteiger partial charge is 0.358 e. The molecule has 178 valence electrons. The van der Waals surface area contributed by atoms with Crippen molar-refractivity contribution in [3.05, 3.63) is 35.4 Å².